The molecule has 5 nitrogen and oxygen atoms in total. The van der Waals surface area contributed by atoms with E-state index < -0.39 is 11.9 Å². The van der Waals surface area contributed by atoms with E-state index in [1.807, 2.05) is 48.5 Å². The van der Waals surface area contributed by atoms with Gasteiger partial charge in [-0.1, -0.05) is 67.8 Å². The van der Waals surface area contributed by atoms with Crippen LogP contribution in [-0.2, 0) is 14.3 Å². The molecule has 0 radical (unpaired) electrons. The zero-order valence-corrected chi connectivity index (χ0v) is 18.8. The molecular formula is C28H26O5. The highest BCUT2D eigenvalue weighted by Crippen LogP contribution is 2.32. The van der Waals surface area contributed by atoms with E-state index in [9.17, 15) is 9.59 Å². The van der Waals surface area contributed by atoms with Crippen molar-refractivity contribution in [2.24, 2.45) is 0 Å². The molecule has 0 amide bonds. The molecule has 0 heterocycles. The van der Waals surface area contributed by atoms with Gasteiger partial charge in [0.15, 0.2) is 0 Å². The molecule has 3 aromatic rings. The Bertz CT molecular complexity index is 1160. The Kier molecular flexibility index (Phi) is 7.82. The van der Waals surface area contributed by atoms with Crippen molar-refractivity contribution in [3.8, 4) is 33.8 Å². The molecule has 33 heavy (non-hydrogen) atoms. The number of hydrogen-bond acceptors (Lipinski definition) is 5. The number of esters is 2. The van der Waals surface area contributed by atoms with E-state index in [4.69, 9.17) is 14.2 Å². The van der Waals surface area contributed by atoms with E-state index in [1.54, 1.807) is 26.0 Å². The summed E-state index contributed by atoms with van der Waals surface area (Å²) in [4.78, 5) is 23.6. The highest BCUT2D eigenvalue weighted by atomic mass is 16.6. The van der Waals surface area contributed by atoms with Crippen LogP contribution < -0.4 is 9.47 Å². The van der Waals surface area contributed by atoms with Crippen LogP contribution in [0.2, 0.25) is 0 Å². The van der Waals surface area contributed by atoms with Crippen molar-refractivity contribution >= 4 is 11.9 Å². The van der Waals surface area contributed by atoms with Gasteiger partial charge in [0.1, 0.15) is 24.7 Å². The first-order chi connectivity index (χ1) is 15.8. The van der Waals surface area contributed by atoms with Crippen molar-refractivity contribution in [3.05, 3.63) is 97.1 Å². The van der Waals surface area contributed by atoms with Gasteiger partial charge in [-0.05, 0) is 48.2 Å². The van der Waals surface area contributed by atoms with Crippen molar-refractivity contribution in [3.63, 3.8) is 0 Å². The normalized spacial score (nSPS) is 10.2. The fourth-order valence-corrected chi connectivity index (χ4v) is 2.98. The van der Waals surface area contributed by atoms with Gasteiger partial charge < -0.3 is 14.2 Å². The molecule has 0 saturated carbocycles. The fourth-order valence-electron chi connectivity index (χ4n) is 2.98. The fraction of sp³-hybridized carbons (Fsp3) is 0.143. The molecule has 0 saturated heterocycles. The lowest BCUT2D eigenvalue weighted by Crippen LogP contribution is -2.12. The Morgan fingerprint density at radius 3 is 1.82 bits per heavy atom. The van der Waals surface area contributed by atoms with Crippen LogP contribution in [0, 0.1) is 0 Å². The van der Waals surface area contributed by atoms with Crippen molar-refractivity contribution in [2.75, 3.05) is 13.2 Å². The maximum absolute atomic E-state index is 12.0. The van der Waals surface area contributed by atoms with Crippen LogP contribution in [0.3, 0.4) is 0 Å². The SMILES string of the molecule is C=C(C)C(=O)OCCOc1cc(OC(=O)C(=C)C)cc(-c2ccc(-c3ccccc3)cc2)c1. The van der Waals surface area contributed by atoms with Gasteiger partial charge in [-0.15, -0.1) is 0 Å². The predicted octanol–water partition coefficient (Wildman–Crippen LogP) is 6.00. The molecule has 0 atom stereocenters. The summed E-state index contributed by atoms with van der Waals surface area (Å²) in [6, 6.07) is 23.4. The molecule has 0 aromatic heterocycles. The standard InChI is InChI=1S/C28H26O5/c1-19(2)27(29)32-15-14-31-25-16-24(17-26(18-25)33-28(30)20(3)4)23-12-10-22(11-13-23)21-8-6-5-7-9-21/h5-13,16-18H,1,3,14-15H2,2,4H3. The average molecular weight is 443 g/mol. The number of benzene rings is 3. The Balaban J connectivity index is 1.82. The highest BCUT2D eigenvalue weighted by molar-refractivity contribution is 5.89. The number of ether oxygens (including phenoxy) is 3. The molecule has 5 heteroatoms. The van der Waals surface area contributed by atoms with Crippen LogP contribution in [0.4, 0.5) is 0 Å². The Morgan fingerprint density at radius 1 is 0.667 bits per heavy atom. The molecule has 0 fully saturated rings. The first-order valence-corrected chi connectivity index (χ1v) is 10.5. The van der Waals surface area contributed by atoms with Gasteiger partial charge in [-0.3, -0.25) is 0 Å². The minimum atomic E-state index is -0.520. The molecule has 0 unspecified atom stereocenters. The quantitative estimate of drug-likeness (QED) is 0.176. The van der Waals surface area contributed by atoms with Gasteiger partial charge in [0.25, 0.3) is 0 Å². The van der Waals surface area contributed by atoms with E-state index in [-0.39, 0.29) is 13.2 Å². The van der Waals surface area contributed by atoms with Crippen LogP contribution in [-0.4, -0.2) is 25.2 Å². The molecule has 0 aliphatic carbocycles. The zero-order valence-electron chi connectivity index (χ0n) is 18.8. The number of carbonyl (C=O) groups excluding carboxylic acids is 2. The summed E-state index contributed by atoms with van der Waals surface area (Å²) < 4.78 is 16.2. The van der Waals surface area contributed by atoms with Crippen LogP contribution in [0.5, 0.6) is 11.5 Å². The average Bonchev–Trinajstić information content (AvgIpc) is 2.82. The minimum absolute atomic E-state index is 0.0720. The van der Waals surface area contributed by atoms with E-state index in [1.165, 1.54) is 0 Å². The van der Waals surface area contributed by atoms with E-state index in [2.05, 4.69) is 25.3 Å². The predicted molar refractivity (Wildman–Crippen MR) is 129 cm³/mol. The maximum atomic E-state index is 12.0. The molecular weight excluding hydrogens is 416 g/mol. The molecule has 0 bridgehead atoms. The lowest BCUT2D eigenvalue weighted by Gasteiger charge is -2.13. The van der Waals surface area contributed by atoms with Gasteiger partial charge >= 0.3 is 11.9 Å². The van der Waals surface area contributed by atoms with E-state index in [0.29, 0.717) is 22.6 Å². The zero-order chi connectivity index (χ0) is 23.8. The first kappa shape index (κ1) is 23.5. The van der Waals surface area contributed by atoms with Crippen LogP contribution >= 0.6 is 0 Å². The molecule has 0 aliphatic rings. The lowest BCUT2D eigenvalue weighted by molar-refractivity contribution is -0.139. The maximum Gasteiger partial charge on any atom is 0.338 e. The van der Waals surface area contributed by atoms with Gasteiger partial charge in [-0.2, -0.15) is 0 Å². The van der Waals surface area contributed by atoms with Crippen molar-refractivity contribution < 1.29 is 23.8 Å². The van der Waals surface area contributed by atoms with Crippen molar-refractivity contribution in [1.82, 2.24) is 0 Å². The summed E-state index contributed by atoms with van der Waals surface area (Å²) in [5, 5.41) is 0. The minimum Gasteiger partial charge on any atom is -0.490 e. The number of carbonyl (C=O) groups is 2. The molecule has 3 rings (SSSR count). The van der Waals surface area contributed by atoms with Crippen molar-refractivity contribution in [1.29, 1.82) is 0 Å². The number of hydrogen-bond donors (Lipinski definition) is 0. The van der Waals surface area contributed by atoms with Crippen LogP contribution in [0.1, 0.15) is 13.8 Å². The third kappa shape index (κ3) is 6.68. The Hall–Kier alpha value is -4.12. The second-order valence-corrected chi connectivity index (χ2v) is 7.57. The molecule has 0 spiro atoms. The summed E-state index contributed by atoms with van der Waals surface area (Å²) in [6.07, 6.45) is 0. The van der Waals surface area contributed by atoms with Crippen LogP contribution in [0.15, 0.2) is 97.1 Å². The number of rotatable bonds is 9. The monoisotopic (exact) mass is 442 g/mol. The molecule has 3 aromatic carbocycles. The van der Waals surface area contributed by atoms with Gasteiger partial charge in [0, 0.05) is 17.2 Å². The molecule has 168 valence electrons. The van der Waals surface area contributed by atoms with Crippen molar-refractivity contribution in [2.45, 2.75) is 13.8 Å². The van der Waals surface area contributed by atoms with Gasteiger partial charge in [0.2, 0.25) is 0 Å². The third-order valence-electron chi connectivity index (χ3n) is 4.70. The Labute approximate surface area is 193 Å². The van der Waals surface area contributed by atoms with E-state index in [0.717, 1.165) is 22.3 Å². The van der Waals surface area contributed by atoms with Gasteiger partial charge in [-0.25, -0.2) is 9.59 Å². The summed E-state index contributed by atoms with van der Waals surface area (Å²) in [5.74, 6) is -0.174. The summed E-state index contributed by atoms with van der Waals surface area (Å²) in [7, 11) is 0. The third-order valence-corrected chi connectivity index (χ3v) is 4.70. The van der Waals surface area contributed by atoms with E-state index >= 15 is 0 Å². The highest BCUT2D eigenvalue weighted by Gasteiger charge is 2.11. The summed E-state index contributed by atoms with van der Waals surface area (Å²) in [5.41, 5.74) is 4.59. The topological polar surface area (TPSA) is 61.8 Å². The summed E-state index contributed by atoms with van der Waals surface area (Å²) >= 11 is 0. The smallest absolute Gasteiger partial charge is 0.338 e. The molecule has 0 N–H and O–H groups in total. The van der Waals surface area contributed by atoms with Gasteiger partial charge in [0.05, 0.1) is 0 Å². The first-order valence-electron chi connectivity index (χ1n) is 10.5. The second-order valence-electron chi connectivity index (χ2n) is 7.57. The second kappa shape index (κ2) is 11.0. The largest absolute Gasteiger partial charge is 0.490 e. The summed E-state index contributed by atoms with van der Waals surface area (Å²) in [6.45, 7) is 10.5. The molecule has 0 aliphatic heterocycles. The Morgan fingerprint density at radius 2 is 1.21 bits per heavy atom. The lowest BCUT2D eigenvalue weighted by atomic mass is 10.00. The van der Waals surface area contributed by atoms with Crippen LogP contribution in [0.25, 0.3) is 22.3 Å².